The number of rotatable bonds is 9. The fourth-order valence-electron chi connectivity index (χ4n) is 1.41. The van der Waals surface area contributed by atoms with Crippen LogP contribution in [0.3, 0.4) is 0 Å². The molecule has 1 radical (unpaired) electrons. The highest BCUT2D eigenvalue weighted by Crippen LogP contribution is 2.08. The first-order valence-corrected chi connectivity index (χ1v) is 5.50. The van der Waals surface area contributed by atoms with Crippen molar-refractivity contribution in [1.29, 1.82) is 0 Å². The molecule has 0 atom stereocenters. The Bertz CT molecular complexity index is 61.4. The van der Waals surface area contributed by atoms with Crippen LogP contribution in [0.4, 0.5) is 0 Å². The minimum Gasteiger partial charge on any atom is -0.237 e. The number of hydrogen-bond acceptors (Lipinski definition) is 0. The number of hydrogen-bond donors (Lipinski definition) is 0. The molecule has 0 bridgehead atoms. The van der Waals surface area contributed by atoms with Crippen molar-refractivity contribution in [2.45, 2.75) is 64.7 Å². The lowest BCUT2D eigenvalue weighted by Gasteiger charge is -1.99. The molecular weight excluding hydrogens is 148 g/mol. The van der Waals surface area contributed by atoms with E-state index in [2.05, 4.69) is 6.92 Å². The molecule has 0 aromatic heterocycles. The maximum atomic E-state index is 10.1. The fraction of sp³-hybridized carbons (Fsp3) is 1.00. The predicted molar refractivity (Wildman–Crippen MR) is 52.8 cm³/mol. The molecule has 0 N–H and O–H groups in total. The van der Waals surface area contributed by atoms with E-state index in [1.807, 2.05) is 0 Å². The lowest BCUT2D eigenvalue weighted by molar-refractivity contribution is 0.186. The maximum absolute atomic E-state index is 10.1. The van der Waals surface area contributed by atoms with Gasteiger partial charge in [-0.1, -0.05) is 58.3 Å². The summed E-state index contributed by atoms with van der Waals surface area (Å²) in [4.78, 5) is 0. The molecule has 0 spiro atoms. The van der Waals surface area contributed by atoms with E-state index in [4.69, 9.17) is 0 Å². The van der Waals surface area contributed by atoms with Gasteiger partial charge in [-0.25, -0.2) is 5.11 Å². The van der Waals surface area contributed by atoms with Gasteiger partial charge in [0.05, 0.1) is 6.61 Å². The fourth-order valence-corrected chi connectivity index (χ4v) is 1.41. The largest absolute Gasteiger partial charge is 0.237 e. The van der Waals surface area contributed by atoms with Crippen LogP contribution in [0.2, 0.25) is 0 Å². The van der Waals surface area contributed by atoms with E-state index in [1.54, 1.807) is 0 Å². The third-order valence-electron chi connectivity index (χ3n) is 2.25. The molecular formula is C11H23O. The van der Waals surface area contributed by atoms with Gasteiger partial charge in [-0.2, -0.15) is 0 Å². The topological polar surface area (TPSA) is 19.9 Å². The molecule has 12 heavy (non-hydrogen) atoms. The van der Waals surface area contributed by atoms with E-state index in [-0.39, 0.29) is 6.61 Å². The predicted octanol–water partition coefficient (Wildman–Crippen LogP) is 3.95. The van der Waals surface area contributed by atoms with Crippen LogP contribution in [0.5, 0.6) is 0 Å². The Morgan fingerprint density at radius 2 is 1.08 bits per heavy atom. The standard InChI is InChI=1S/C11H23O/c1-2-3-4-5-6-7-8-9-10-11-12/h2-11H2,1H3. The van der Waals surface area contributed by atoms with Gasteiger partial charge >= 0.3 is 0 Å². The van der Waals surface area contributed by atoms with Crippen molar-refractivity contribution in [2.75, 3.05) is 6.61 Å². The zero-order chi connectivity index (χ0) is 9.07. The van der Waals surface area contributed by atoms with E-state index < -0.39 is 0 Å². The Balaban J connectivity index is 2.73. The summed E-state index contributed by atoms with van der Waals surface area (Å²) in [5, 5.41) is 10.1. The van der Waals surface area contributed by atoms with Crippen molar-refractivity contribution < 1.29 is 5.11 Å². The van der Waals surface area contributed by atoms with Crippen LogP contribution in [-0.4, -0.2) is 6.61 Å². The Kier molecular flexibility index (Phi) is 10.9. The van der Waals surface area contributed by atoms with Crippen molar-refractivity contribution in [2.24, 2.45) is 0 Å². The molecule has 0 aliphatic carbocycles. The second-order valence-corrected chi connectivity index (χ2v) is 3.53. The van der Waals surface area contributed by atoms with Crippen molar-refractivity contribution in [3.05, 3.63) is 0 Å². The van der Waals surface area contributed by atoms with Gasteiger partial charge in [0.2, 0.25) is 0 Å². The van der Waals surface area contributed by atoms with E-state index in [1.165, 1.54) is 44.9 Å². The molecule has 0 unspecified atom stereocenters. The Morgan fingerprint density at radius 3 is 1.50 bits per heavy atom. The van der Waals surface area contributed by atoms with Gasteiger partial charge in [0.1, 0.15) is 0 Å². The first-order chi connectivity index (χ1) is 5.91. The molecule has 0 heterocycles. The van der Waals surface area contributed by atoms with E-state index in [0.717, 1.165) is 12.8 Å². The van der Waals surface area contributed by atoms with E-state index in [0.29, 0.717) is 0 Å². The van der Waals surface area contributed by atoms with Crippen LogP contribution >= 0.6 is 0 Å². The average molecular weight is 171 g/mol. The summed E-state index contributed by atoms with van der Waals surface area (Å²) in [5.74, 6) is 0. The van der Waals surface area contributed by atoms with Crippen LogP contribution in [-0.2, 0) is 5.11 Å². The third-order valence-corrected chi connectivity index (χ3v) is 2.25. The second kappa shape index (κ2) is 11.0. The van der Waals surface area contributed by atoms with Crippen LogP contribution in [0.25, 0.3) is 0 Å². The third kappa shape index (κ3) is 9.96. The second-order valence-electron chi connectivity index (χ2n) is 3.53. The zero-order valence-corrected chi connectivity index (χ0v) is 8.48. The molecule has 0 saturated carbocycles. The van der Waals surface area contributed by atoms with Crippen LogP contribution in [0, 0.1) is 0 Å². The highest BCUT2D eigenvalue weighted by molar-refractivity contribution is 4.45. The zero-order valence-electron chi connectivity index (χ0n) is 8.48. The molecule has 0 fully saturated rings. The molecule has 1 nitrogen and oxygen atoms in total. The van der Waals surface area contributed by atoms with Gasteiger partial charge in [0.15, 0.2) is 0 Å². The van der Waals surface area contributed by atoms with Crippen molar-refractivity contribution >= 4 is 0 Å². The summed E-state index contributed by atoms with van der Waals surface area (Å²) in [7, 11) is 0. The normalized spacial score (nSPS) is 10.5. The molecule has 1 heteroatoms. The van der Waals surface area contributed by atoms with Gasteiger partial charge in [-0.3, -0.25) is 0 Å². The minimum atomic E-state index is 0.121. The molecule has 0 aromatic rings. The molecule has 0 aromatic carbocycles. The highest BCUT2D eigenvalue weighted by atomic mass is 16.2. The molecule has 0 rings (SSSR count). The van der Waals surface area contributed by atoms with Crippen LogP contribution in [0.15, 0.2) is 0 Å². The van der Waals surface area contributed by atoms with Crippen molar-refractivity contribution in [1.82, 2.24) is 0 Å². The first kappa shape index (κ1) is 12.0. The average Bonchev–Trinajstić information content (AvgIpc) is 2.10. The maximum Gasteiger partial charge on any atom is 0.0822 e. The minimum absolute atomic E-state index is 0.121. The lowest BCUT2D eigenvalue weighted by atomic mass is 10.1. The van der Waals surface area contributed by atoms with Gasteiger partial charge in [-0.15, -0.1) is 0 Å². The Labute approximate surface area is 77.2 Å². The number of unbranched alkanes of at least 4 members (excludes halogenated alkanes) is 8. The summed E-state index contributed by atoms with van der Waals surface area (Å²) >= 11 is 0. The highest BCUT2D eigenvalue weighted by Gasteiger charge is 1.90. The first-order valence-electron chi connectivity index (χ1n) is 5.50. The molecule has 0 aliphatic heterocycles. The summed E-state index contributed by atoms with van der Waals surface area (Å²) in [6.45, 7) is 2.37. The van der Waals surface area contributed by atoms with Gasteiger partial charge < -0.3 is 0 Å². The Hall–Kier alpha value is -0.0400. The molecule has 0 amide bonds. The van der Waals surface area contributed by atoms with E-state index in [9.17, 15) is 5.11 Å². The summed E-state index contributed by atoms with van der Waals surface area (Å²) in [6, 6.07) is 0. The molecule has 0 saturated heterocycles. The van der Waals surface area contributed by atoms with Gasteiger partial charge in [0.25, 0.3) is 0 Å². The summed E-state index contributed by atoms with van der Waals surface area (Å²) < 4.78 is 0. The van der Waals surface area contributed by atoms with Crippen LogP contribution < -0.4 is 0 Å². The summed E-state index contributed by atoms with van der Waals surface area (Å²) in [6.07, 6.45) is 11.5. The van der Waals surface area contributed by atoms with Gasteiger partial charge in [-0.05, 0) is 6.42 Å². The quantitative estimate of drug-likeness (QED) is 0.468. The SMILES string of the molecule is CCCCCCCCCCC[O]. The van der Waals surface area contributed by atoms with Crippen LogP contribution in [0.1, 0.15) is 64.7 Å². The summed E-state index contributed by atoms with van der Waals surface area (Å²) in [5.41, 5.74) is 0. The lowest BCUT2D eigenvalue weighted by Crippen LogP contribution is -1.83. The van der Waals surface area contributed by atoms with Crippen molar-refractivity contribution in [3.8, 4) is 0 Å². The van der Waals surface area contributed by atoms with E-state index >= 15 is 0 Å². The Morgan fingerprint density at radius 1 is 0.667 bits per heavy atom. The monoisotopic (exact) mass is 171 g/mol. The molecule has 0 aliphatic rings. The smallest absolute Gasteiger partial charge is 0.0822 e. The molecule has 73 valence electrons. The van der Waals surface area contributed by atoms with Gasteiger partial charge in [0, 0.05) is 0 Å². The van der Waals surface area contributed by atoms with Crippen molar-refractivity contribution in [3.63, 3.8) is 0 Å².